The monoisotopic (exact) mass is 629 g/mol. The molecule has 1 amide bonds. The quantitative estimate of drug-likeness (QED) is 0.217. The number of aliphatic hydroxyl groups is 3. The molecule has 2 saturated heterocycles. The van der Waals surface area contributed by atoms with Crippen LogP contribution in [0.15, 0.2) is 30.6 Å². The Morgan fingerprint density at radius 2 is 1.82 bits per heavy atom. The van der Waals surface area contributed by atoms with E-state index >= 15 is 0 Å². The summed E-state index contributed by atoms with van der Waals surface area (Å²) < 4.78 is 25.9. The number of nitrogens with zero attached hydrogens (tertiary/aromatic N) is 4. The molecule has 1 aromatic heterocycles. The van der Waals surface area contributed by atoms with Gasteiger partial charge in [-0.2, -0.15) is 0 Å². The summed E-state index contributed by atoms with van der Waals surface area (Å²) in [5, 5.41) is 31.5. The number of halogens is 1. The Morgan fingerprint density at radius 1 is 1.09 bits per heavy atom. The van der Waals surface area contributed by atoms with Crippen LogP contribution in [-0.4, -0.2) is 108 Å². The summed E-state index contributed by atoms with van der Waals surface area (Å²) in [6, 6.07) is 4.75. The number of anilines is 1. The number of benzene rings is 1. The third-order valence-electron chi connectivity index (χ3n) is 9.84. The molecule has 2 aromatic rings. The lowest BCUT2D eigenvalue weighted by Gasteiger charge is -2.32. The van der Waals surface area contributed by atoms with E-state index in [1.54, 1.807) is 24.1 Å². The Bertz CT molecular complexity index is 1230. The summed E-state index contributed by atoms with van der Waals surface area (Å²) in [7, 11) is 1.66. The third-order valence-corrected chi connectivity index (χ3v) is 9.84. The zero-order chi connectivity index (χ0) is 31.8. The van der Waals surface area contributed by atoms with E-state index in [-0.39, 0.29) is 18.2 Å². The molecule has 12 heteroatoms. The van der Waals surface area contributed by atoms with Crippen LogP contribution in [0, 0.1) is 29.5 Å². The molecule has 1 aliphatic carbocycles. The zero-order valence-corrected chi connectivity index (χ0v) is 26.2. The number of aliphatic hydroxyl groups excluding tert-OH is 3. The number of carbonyl (C=O) groups excluding carboxylic acids is 1. The minimum absolute atomic E-state index is 0.0199. The van der Waals surface area contributed by atoms with E-state index in [0.29, 0.717) is 56.0 Å². The van der Waals surface area contributed by atoms with Crippen molar-refractivity contribution in [2.24, 2.45) is 23.7 Å². The molecule has 11 nitrogen and oxygen atoms in total. The highest BCUT2D eigenvalue weighted by atomic mass is 19.1. The lowest BCUT2D eigenvalue weighted by molar-refractivity contribution is -0.129. The van der Waals surface area contributed by atoms with Gasteiger partial charge in [0.15, 0.2) is 0 Å². The van der Waals surface area contributed by atoms with Crippen molar-refractivity contribution >= 4 is 11.9 Å². The minimum Gasteiger partial charge on any atom is -0.493 e. The van der Waals surface area contributed by atoms with Gasteiger partial charge in [-0.15, -0.1) is 0 Å². The molecule has 3 aliphatic rings. The number of piperidine rings is 1. The number of ether oxygens (including phenoxy) is 2. The maximum atomic E-state index is 14.9. The van der Waals surface area contributed by atoms with E-state index in [4.69, 9.17) is 9.47 Å². The number of hydrogen-bond donors (Lipinski definition) is 4. The summed E-state index contributed by atoms with van der Waals surface area (Å²) in [4.78, 5) is 25.9. The van der Waals surface area contributed by atoms with Crippen LogP contribution in [0.5, 0.6) is 5.75 Å². The highest BCUT2D eigenvalue weighted by Crippen LogP contribution is 2.49. The molecule has 3 heterocycles. The fourth-order valence-electron chi connectivity index (χ4n) is 6.73. The Hall–Kier alpha value is -2.90. The number of hydrogen-bond acceptors (Lipinski definition) is 10. The lowest BCUT2D eigenvalue weighted by Crippen LogP contribution is -2.56. The molecule has 0 radical (unpaired) electrons. The highest BCUT2D eigenvalue weighted by molar-refractivity contribution is 5.79. The van der Waals surface area contributed by atoms with Crippen molar-refractivity contribution in [1.29, 1.82) is 0 Å². The van der Waals surface area contributed by atoms with Gasteiger partial charge in [0.2, 0.25) is 11.9 Å². The molecule has 3 atom stereocenters. The largest absolute Gasteiger partial charge is 0.493 e. The molecule has 248 valence electrons. The van der Waals surface area contributed by atoms with Gasteiger partial charge in [-0.3, -0.25) is 4.79 Å². The predicted octanol–water partition coefficient (Wildman–Crippen LogP) is 1.78. The molecule has 1 aromatic carbocycles. The van der Waals surface area contributed by atoms with Crippen molar-refractivity contribution in [3.63, 3.8) is 0 Å². The molecule has 5 rings (SSSR count). The van der Waals surface area contributed by atoms with E-state index in [1.807, 2.05) is 12.4 Å². The van der Waals surface area contributed by atoms with Crippen molar-refractivity contribution in [3.05, 3.63) is 47.5 Å². The van der Waals surface area contributed by atoms with Crippen molar-refractivity contribution < 1.29 is 34.0 Å². The number of amides is 1. The smallest absolute Gasteiger partial charge is 0.227 e. The molecule has 0 bridgehead atoms. The number of likely N-dealkylation sites (tertiary alicyclic amines) is 1. The Balaban J connectivity index is 0.988. The number of carbonyl (C=O) groups is 1. The number of aromatic nitrogens is 2. The first-order valence-corrected chi connectivity index (χ1v) is 16.2. The van der Waals surface area contributed by atoms with Crippen LogP contribution in [0.3, 0.4) is 0 Å². The maximum Gasteiger partial charge on any atom is 0.227 e. The fourth-order valence-corrected chi connectivity index (χ4v) is 6.73. The van der Waals surface area contributed by atoms with Crippen molar-refractivity contribution in [2.75, 3.05) is 71.2 Å². The van der Waals surface area contributed by atoms with Crippen LogP contribution < -0.4 is 15.0 Å². The average Bonchev–Trinajstić information content (AvgIpc) is 3.68. The highest BCUT2D eigenvalue weighted by Gasteiger charge is 2.43. The van der Waals surface area contributed by atoms with Crippen LogP contribution in [0.2, 0.25) is 0 Å². The van der Waals surface area contributed by atoms with Gasteiger partial charge >= 0.3 is 0 Å². The van der Waals surface area contributed by atoms with E-state index < -0.39 is 31.2 Å². The van der Waals surface area contributed by atoms with Gasteiger partial charge < -0.3 is 39.9 Å². The SMILES string of the molecule is COCc1cnc(N2CCC([C@H]3C[C@H]3CCOc3ccc(CC(=O)N4CC[C@@H](CNC(CO)(CO)CO)C4)c(F)c3)CC2)nc1. The Labute approximate surface area is 264 Å². The van der Waals surface area contributed by atoms with E-state index in [0.717, 1.165) is 56.2 Å². The lowest BCUT2D eigenvalue weighted by atomic mass is 9.90. The fraction of sp³-hybridized carbons (Fsp3) is 0.667. The summed E-state index contributed by atoms with van der Waals surface area (Å²) in [6.45, 7) is 3.36. The first kappa shape index (κ1) is 33.5. The van der Waals surface area contributed by atoms with Crippen molar-refractivity contribution in [1.82, 2.24) is 20.2 Å². The molecular formula is C33H48FN5O6. The maximum absolute atomic E-state index is 14.9. The molecule has 0 spiro atoms. The molecule has 4 N–H and O–H groups in total. The van der Waals surface area contributed by atoms with E-state index in [1.165, 1.54) is 12.5 Å². The van der Waals surface area contributed by atoms with Crippen LogP contribution >= 0.6 is 0 Å². The van der Waals surface area contributed by atoms with E-state index in [9.17, 15) is 24.5 Å². The molecule has 3 fully saturated rings. The Kier molecular flexibility index (Phi) is 11.6. The second-order valence-electron chi connectivity index (χ2n) is 13.0. The summed E-state index contributed by atoms with van der Waals surface area (Å²) in [6.07, 6.45) is 8.88. The van der Waals surface area contributed by atoms with Gasteiger partial charge in [0, 0.05) is 63.9 Å². The zero-order valence-electron chi connectivity index (χ0n) is 26.2. The first-order chi connectivity index (χ1) is 21.9. The second kappa shape index (κ2) is 15.6. The topological polar surface area (TPSA) is 141 Å². The van der Waals surface area contributed by atoms with Crippen molar-refractivity contribution in [2.45, 2.75) is 50.7 Å². The molecule has 1 saturated carbocycles. The number of nitrogens with one attached hydrogen (secondary N) is 1. The van der Waals surface area contributed by atoms with E-state index in [2.05, 4.69) is 20.2 Å². The van der Waals surface area contributed by atoms with Gasteiger partial charge in [-0.1, -0.05) is 6.07 Å². The Morgan fingerprint density at radius 3 is 2.49 bits per heavy atom. The van der Waals surface area contributed by atoms with Gasteiger partial charge in [0.1, 0.15) is 11.6 Å². The molecule has 45 heavy (non-hydrogen) atoms. The van der Waals surface area contributed by atoms with Crippen LogP contribution in [0.4, 0.5) is 10.3 Å². The standard InChI is InChI=1S/C33H48FN5O6/c1-44-19-24-15-35-32(36-16-24)38-9-5-25(6-10-38)29-12-26(29)7-11-45-28-3-2-27(30(34)14-28)13-31(43)39-8-4-23(18-39)17-37-33(20-40,21-41)22-42/h2-3,14-16,23,25-26,29,37,40-42H,4-13,17-22H2,1H3/t23-,26+,29+/m0/s1. The second-order valence-corrected chi connectivity index (χ2v) is 13.0. The molecule has 2 aliphatic heterocycles. The van der Waals surface area contributed by atoms with Crippen molar-refractivity contribution in [3.8, 4) is 5.75 Å². The molecular weight excluding hydrogens is 581 g/mol. The van der Waals surface area contributed by atoms with Gasteiger partial charge in [0.05, 0.1) is 45.0 Å². The number of rotatable bonds is 16. The molecule has 0 unspecified atom stereocenters. The van der Waals surface area contributed by atoms with Gasteiger partial charge in [0.25, 0.3) is 0 Å². The normalized spacial score (nSPS) is 22.2. The number of methoxy groups -OCH3 is 1. The summed E-state index contributed by atoms with van der Waals surface area (Å²) in [5.74, 6) is 2.92. The van der Waals surface area contributed by atoms with Gasteiger partial charge in [-0.25, -0.2) is 14.4 Å². The third kappa shape index (κ3) is 8.68. The summed E-state index contributed by atoms with van der Waals surface area (Å²) >= 11 is 0. The summed E-state index contributed by atoms with van der Waals surface area (Å²) in [5.41, 5.74) is 0.179. The van der Waals surface area contributed by atoms with Gasteiger partial charge in [-0.05, 0) is 67.4 Å². The minimum atomic E-state index is -1.14. The average molecular weight is 630 g/mol. The van der Waals surface area contributed by atoms with Crippen LogP contribution in [-0.2, 0) is 22.6 Å². The first-order valence-electron chi connectivity index (χ1n) is 16.2. The van der Waals surface area contributed by atoms with Crippen LogP contribution in [0.1, 0.15) is 43.2 Å². The van der Waals surface area contributed by atoms with Crippen LogP contribution in [0.25, 0.3) is 0 Å². The predicted molar refractivity (Wildman–Crippen MR) is 166 cm³/mol.